The fraction of sp³-hybridized carbons (Fsp3) is 0.273. The molecule has 0 fully saturated rings. The van der Waals surface area contributed by atoms with Crippen molar-refractivity contribution in [3.63, 3.8) is 0 Å². The molecule has 0 amide bonds. The van der Waals surface area contributed by atoms with Crippen molar-refractivity contribution in [1.82, 2.24) is 0 Å². The number of hydrogen-bond donors (Lipinski definition) is 0. The Hall–Kier alpha value is -1.08. The van der Waals surface area contributed by atoms with Gasteiger partial charge in [-0.25, -0.2) is 0 Å². The van der Waals surface area contributed by atoms with Crippen molar-refractivity contribution in [3.05, 3.63) is 48.6 Å². The van der Waals surface area contributed by atoms with Crippen LogP contribution in [0.3, 0.4) is 0 Å². The number of methoxy groups -OCH3 is 1. The van der Waals surface area contributed by atoms with E-state index in [1.54, 1.807) is 13.2 Å². The highest BCUT2D eigenvalue weighted by molar-refractivity contribution is 5.13. The van der Waals surface area contributed by atoms with Crippen LogP contribution in [0.4, 0.5) is 0 Å². The normalized spacial score (nSPS) is 8.17. The molecule has 0 heterocycles. The number of rotatable bonds is 2. The van der Waals surface area contributed by atoms with Gasteiger partial charge in [-0.3, -0.25) is 0 Å². The van der Waals surface area contributed by atoms with Gasteiger partial charge in [0, 0.05) is 7.11 Å². The van der Waals surface area contributed by atoms with E-state index in [1.807, 2.05) is 37.3 Å². The van der Waals surface area contributed by atoms with Gasteiger partial charge in [0.2, 0.25) is 0 Å². The number of ether oxygens (including phenoxy) is 1. The maximum Gasteiger partial charge on any atom is 0.0713 e. The van der Waals surface area contributed by atoms with E-state index in [0.29, 0.717) is 6.61 Å². The second kappa shape index (κ2) is 8.02. The molecular weight excluding hydrogens is 148 g/mol. The van der Waals surface area contributed by atoms with Crippen molar-refractivity contribution >= 4 is 0 Å². The van der Waals surface area contributed by atoms with Gasteiger partial charge < -0.3 is 4.74 Å². The van der Waals surface area contributed by atoms with Gasteiger partial charge in [-0.2, -0.15) is 0 Å². The molecule has 1 aromatic carbocycles. The lowest BCUT2D eigenvalue weighted by Crippen LogP contribution is -1.84. The van der Waals surface area contributed by atoms with Crippen LogP contribution >= 0.6 is 0 Å². The molecular formula is C11H16O. The Balaban J connectivity index is 0.000000354. The van der Waals surface area contributed by atoms with Crippen LogP contribution < -0.4 is 0 Å². The zero-order valence-corrected chi connectivity index (χ0v) is 7.79. The molecule has 1 aromatic rings. The summed E-state index contributed by atoms with van der Waals surface area (Å²) in [4.78, 5) is 0. The zero-order valence-electron chi connectivity index (χ0n) is 7.79. The fourth-order valence-electron chi connectivity index (χ4n) is 0.741. The smallest absolute Gasteiger partial charge is 0.0713 e. The highest BCUT2D eigenvalue weighted by Crippen LogP contribution is 1.98. The quantitative estimate of drug-likeness (QED) is 0.610. The first kappa shape index (κ1) is 10.9. The molecule has 0 aliphatic rings. The second-order valence-electron chi connectivity index (χ2n) is 2.33. The Morgan fingerprint density at radius 1 is 1.33 bits per heavy atom. The summed E-state index contributed by atoms with van der Waals surface area (Å²) in [6.45, 7) is 5.96. The van der Waals surface area contributed by atoms with Crippen LogP contribution in [0, 0.1) is 0 Å². The minimum Gasteiger partial charge on any atom is -0.380 e. The van der Waals surface area contributed by atoms with E-state index in [4.69, 9.17) is 4.74 Å². The Morgan fingerprint density at radius 3 is 2.25 bits per heavy atom. The predicted octanol–water partition coefficient (Wildman–Crippen LogP) is 3.03. The third-order valence-electron chi connectivity index (χ3n) is 1.15. The third-order valence-corrected chi connectivity index (χ3v) is 1.15. The first-order chi connectivity index (χ1) is 5.85. The fourth-order valence-corrected chi connectivity index (χ4v) is 0.741. The van der Waals surface area contributed by atoms with Crippen molar-refractivity contribution in [3.8, 4) is 0 Å². The molecule has 0 aromatic heterocycles. The van der Waals surface area contributed by atoms with Gasteiger partial charge in [0.15, 0.2) is 0 Å². The van der Waals surface area contributed by atoms with Crippen LogP contribution in [0.2, 0.25) is 0 Å². The molecule has 1 heteroatoms. The molecule has 0 saturated carbocycles. The lowest BCUT2D eigenvalue weighted by molar-refractivity contribution is 0.185. The van der Waals surface area contributed by atoms with Crippen LogP contribution in [0.25, 0.3) is 0 Å². The second-order valence-corrected chi connectivity index (χ2v) is 2.33. The summed E-state index contributed by atoms with van der Waals surface area (Å²) in [6.07, 6.45) is 1.75. The molecule has 66 valence electrons. The monoisotopic (exact) mass is 164 g/mol. The van der Waals surface area contributed by atoms with Gasteiger partial charge in [0.1, 0.15) is 0 Å². The average molecular weight is 164 g/mol. The molecule has 0 N–H and O–H groups in total. The molecule has 12 heavy (non-hydrogen) atoms. The molecule has 0 bridgehead atoms. The summed E-state index contributed by atoms with van der Waals surface area (Å²) in [5, 5.41) is 0. The van der Waals surface area contributed by atoms with Crippen LogP contribution in [0.5, 0.6) is 0 Å². The van der Waals surface area contributed by atoms with Gasteiger partial charge >= 0.3 is 0 Å². The van der Waals surface area contributed by atoms with E-state index >= 15 is 0 Å². The largest absolute Gasteiger partial charge is 0.380 e. The van der Waals surface area contributed by atoms with Crippen LogP contribution in [-0.2, 0) is 11.3 Å². The highest BCUT2D eigenvalue weighted by atomic mass is 16.5. The van der Waals surface area contributed by atoms with Gasteiger partial charge in [-0.15, -0.1) is 6.58 Å². The van der Waals surface area contributed by atoms with Crippen molar-refractivity contribution in [1.29, 1.82) is 0 Å². The van der Waals surface area contributed by atoms with E-state index in [1.165, 1.54) is 5.56 Å². The van der Waals surface area contributed by atoms with E-state index < -0.39 is 0 Å². The average Bonchev–Trinajstić information content (AvgIpc) is 2.08. The SMILES string of the molecule is C=CC.COCc1ccccc1. The Labute approximate surface area is 74.7 Å². The topological polar surface area (TPSA) is 9.23 Å². The summed E-state index contributed by atoms with van der Waals surface area (Å²) in [6, 6.07) is 10.1. The summed E-state index contributed by atoms with van der Waals surface area (Å²) in [5.74, 6) is 0. The molecule has 0 spiro atoms. The number of allylic oxidation sites excluding steroid dienone is 1. The molecule has 0 saturated heterocycles. The Bertz CT molecular complexity index is 191. The van der Waals surface area contributed by atoms with Gasteiger partial charge in [-0.1, -0.05) is 36.4 Å². The molecule has 0 unspecified atom stereocenters. The molecule has 0 aliphatic carbocycles. The number of benzene rings is 1. The van der Waals surface area contributed by atoms with Gasteiger partial charge in [-0.05, 0) is 12.5 Å². The van der Waals surface area contributed by atoms with Crippen molar-refractivity contribution < 1.29 is 4.74 Å². The van der Waals surface area contributed by atoms with Crippen molar-refractivity contribution in [2.45, 2.75) is 13.5 Å². The first-order valence-electron chi connectivity index (χ1n) is 3.95. The molecule has 1 rings (SSSR count). The maximum atomic E-state index is 4.93. The number of hydrogen-bond acceptors (Lipinski definition) is 1. The van der Waals surface area contributed by atoms with Crippen molar-refractivity contribution in [2.24, 2.45) is 0 Å². The molecule has 0 atom stereocenters. The minimum absolute atomic E-state index is 0.709. The maximum absolute atomic E-state index is 4.93. The zero-order chi connectivity index (χ0) is 9.23. The minimum atomic E-state index is 0.709. The summed E-state index contributed by atoms with van der Waals surface area (Å²) in [7, 11) is 1.70. The predicted molar refractivity (Wildman–Crippen MR) is 53.0 cm³/mol. The molecule has 0 radical (unpaired) electrons. The van der Waals surface area contributed by atoms with E-state index in [-0.39, 0.29) is 0 Å². The standard InChI is InChI=1S/C8H10O.C3H6/c1-9-7-8-5-3-2-4-6-8;1-3-2/h2-6H,7H2,1H3;3H,1H2,2H3. The van der Waals surface area contributed by atoms with E-state index in [0.717, 1.165) is 0 Å². The van der Waals surface area contributed by atoms with Gasteiger partial charge in [0.05, 0.1) is 6.61 Å². The lowest BCUT2D eigenvalue weighted by atomic mass is 10.2. The molecule has 0 aliphatic heterocycles. The van der Waals surface area contributed by atoms with Crippen LogP contribution in [-0.4, -0.2) is 7.11 Å². The van der Waals surface area contributed by atoms with E-state index in [2.05, 4.69) is 6.58 Å². The van der Waals surface area contributed by atoms with Crippen LogP contribution in [0.1, 0.15) is 12.5 Å². The van der Waals surface area contributed by atoms with Gasteiger partial charge in [0.25, 0.3) is 0 Å². The van der Waals surface area contributed by atoms with Crippen LogP contribution in [0.15, 0.2) is 43.0 Å². The first-order valence-corrected chi connectivity index (χ1v) is 3.95. The summed E-state index contributed by atoms with van der Waals surface area (Å²) < 4.78 is 4.93. The lowest BCUT2D eigenvalue weighted by Gasteiger charge is -1.95. The van der Waals surface area contributed by atoms with E-state index in [9.17, 15) is 0 Å². The summed E-state index contributed by atoms with van der Waals surface area (Å²) >= 11 is 0. The Morgan fingerprint density at radius 2 is 1.83 bits per heavy atom. The third kappa shape index (κ3) is 5.69. The molecule has 1 nitrogen and oxygen atoms in total. The van der Waals surface area contributed by atoms with Crippen molar-refractivity contribution in [2.75, 3.05) is 7.11 Å². The Kier molecular flexibility index (Phi) is 7.30. The highest BCUT2D eigenvalue weighted by Gasteiger charge is 1.84. The summed E-state index contributed by atoms with van der Waals surface area (Å²) in [5.41, 5.74) is 1.22.